The van der Waals surface area contributed by atoms with E-state index in [2.05, 4.69) is 5.32 Å². The predicted molar refractivity (Wildman–Crippen MR) is 77.4 cm³/mol. The Balaban J connectivity index is 2.07. The second kappa shape index (κ2) is 7.04. The van der Waals surface area contributed by atoms with Crippen LogP contribution in [0.4, 0.5) is 4.39 Å². The Morgan fingerprint density at radius 3 is 2.75 bits per heavy atom. The van der Waals surface area contributed by atoms with Gasteiger partial charge in [0.1, 0.15) is 17.7 Å². The third-order valence-corrected chi connectivity index (χ3v) is 4.08. The molecule has 1 fully saturated rings. The largest absolute Gasteiger partial charge is 0.488 e. The van der Waals surface area contributed by atoms with Gasteiger partial charge in [-0.15, -0.1) is 0 Å². The number of benzene rings is 1. The Morgan fingerprint density at radius 2 is 2.05 bits per heavy atom. The molecule has 0 radical (unpaired) electrons. The Bertz CT molecular complexity index is 438. The number of nitrogens with one attached hydrogen (secondary N) is 1. The number of hydrogen-bond donors (Lipinski definition) is 2. The summed E-state index contributed by atoms with van der Waals surface area (Å²) >= 11 is 0. The summed E-state index contributed by atoms with van der Waals surface area (Å²) in [5, 5.41) is 13.0. The molecule has 3 atom stereocenters. The lowest BCUT2D eigenvalue weighted by Crippen LogP contribution is -2.30. The van der Waals surface area contributed by atoms with Crippen molar-refractivity contribution in [1.29, 1.82) is 0 Å². The van der Waals surface area contributed by atoms with Crippen molar-refractivity contribution >= 4 is 0 Å². The van der Waals surface area contributed by atoms with E-state index < -0.39 is 6.10 Å². The number of hydrogen-bond acceptors (Lipinski definition) is 3. The van der Waals surface area contributed by atoms with E-state index in [1.165, 1.54) is 6.07 Å². The molecule has 1 aliphatic carbocycles. The zero-order valence-corrected chi connectivity index (χ0v) is 12.2. The first-order chi connectivity index (χ1) is 9.61. The van der Waals surface area contributed by atoms with Crippen molar-refractivity contribution in [2.75, 3.05) is 7.05 Å². The number of aliphatic hydroxyl groups excluding tert-OH is 1. The third kappa shape index (κ3) is 3.70. The maximum absolute atomic E-state index is 14.0. The van der Waals surface area contributed by atoms with E-state index in [9.17, 15) is 9.50 Å². The summed E-state index contributed by atoms with van der Waals surface area (Å²) in [6.07, 6.45) is 4.15. The highest BCUT2D eigenvalue weighted by atomic mass is 19.1. The van der Waals surface area contributed by atoms with Crippen LogP contribution in [0, 0.1) is 5.82 Å². The Labute approximate surface area is 120 Å². The summed E-state index contributed by atoms with van der Waals surface area (Å²) in [6.45, 7) is 1.91. The molecule has 112 valence electrons. The highest BCUT2D eigenvalue weighted by Crippen LogP contribution is 2.26. The Hall–Kier alpha value is -1.13. The molecule has 0 saturated heterocycles. The molecule has 2 N–H and O–H groups in total. The van der Waals surface area contributed by atoms with Crippen LogP contribution in [0.15, 0.2) is 18.2 Å². The van der Waals surface area contributed by atoms with E-state index in [1.54, 1.807) is 19.2 Å². The minimum atomic E-state index is -0.448. The molecule has 1 aliphatic rings. The number of ether oxygens (including phenoxy) is 1. The molecule has 1 aromatic carbocycles. The molecule has 1 aromatic rings. The summed E-state index contributed by atoms with van der Waals surface area (Å²) < 4.78 is 19.8. The summed E-state index contributed by atoms with van der Waals surface area (Å²) in [5.74, 6) is 0.230. The van der Waals surface area contributed by atoms with Gasteiger partial charge in [0.15, 0.2) is 0 Å². The molecular formula is C16H24FNO2. The summed E-state index contributed by atoms with van der Waals surface area (Å²) in [7, 11) is 1.80. The zero-order valence-electron chi connectivity index (χ0n) is 12.2. The van der Waals surface area contributed by atoms with Gasteiger partial charge in [-0.1, -0.05) is 18.9 Å². The molecule has 2 rings (SSSR count). The van der Waals surface area contributed by atoms with Crippen LogP contribution in [0.3, 0.4) is 0 Å². The molecule has 0 heterocycles. The van der Waals surface area contributed by atoms with Gasteiger partial charge in [-0.2, -0.15) is 0 Å². The molecule has 0 aromatic heterocycles. The van der Waals surface area contributed by atoms with E-state index in [0.717, 1.165) is 32.1 Å². The van der Waals surface area contributed by atoms with Crippen LogP contribution in [0.2, 0.25) is 0 Å². The first kappa shape index (κ1) is 15.3. The number of rotatable bonds is 4. The fourth-order valence-corrected chi connectivity index (χ4v) is 2.65. The van der Waals surface area contributed by atoms with Crippen molar-refractivity contribution in [2.24, 2.45) is 0 Å². The molecule has 0 bridgehead atoms. The average molecular weight is 281 g/mol. The van der Waals surface area contributed by atoms with Gasteiger partial charge in [0.05, 0.1) is 6.10 Å². The highest BCUT2D eigenvalue weighted by Gasteiger charge is 2.23. The fourth-order valence-electron chi connectivity index (χ4n) is 2.65. The van der Waals surface area contributed by atoms with Crippen LogP contribution in [0.1, 0.15) is 50.6 Å². The maximum atomic E-state index is 14.0. The normalized spacial score (nSPS) is 25.0. The molecule has 3 nitrogen and oxygen atoms in total. The van der Waals surface area contributed by atoms with E-state index in [0.29, 0.717) is 11.3 Å². The van der Waals surface area contributed by atoms with Gasteiger partial charge in [0, 0.05) is 17.7 Å². The van der Waals surface area contributed by atoms with E-state index >= 15 is 0 Å². The van der Waals surface area contributed by atoms with Crippen LogP contribution in [0.25, 0.3) is 0 Å². The van der Waals surface area contributed by atoms with Gasteiger partial charge in [-0.05, 0) is 39.3 Å². The predicted octanol–water partition coefficient (Wildman–Crippen LogP) is 3.18. The molecule has 0 spiro atoms. The van der Waals surface area contributed by atoms with Crippen LogP contribution >= 0.6 is 0 Å². The van der Waals surface area contributed by atoms with Gasteiger partial charge in [-0.25, -0.2) is 4.39 Å². The highest BCUT2D eigenvalue weighted by molar-refractivity contribution is 5.30. The molecule has 1 saturated carbocycles. The Kier molecular flexibility index (Phi) is 5.38. The van der Waals surface area contributed by atoms with Crippen molar-refractivity contribution < 1.29 is 14.2 Å². The van der Waals surface area contributed by atoms with Gasteiger partial charge in [0.2, 0.25) is 0 Å². The van der Waals surface area contributed by atoms with Gasteiger partial charge in [0.25, 0.3) is 0 Å². The van der Waals surface area contributed by atoms with E-state index in [1.807, 2.05) is 6.92 Å². The molecule has 0 amide bonds. The van der Waals surface area contributed by atoms with Crippen LogP contribution in [0.5, 0.6) is 5.75 Å². The topological polar surface area (TPSA) is 41.5 Å². The lowest BCUT2D eigenvalue weighted by Gasteiger charge is -2.22. The standard InChI is InChI=1S/C16H24FNO2/c1-11(18-2)13-9-8-12(10-14(13)17)20-16-7-5-3-4-6-15(16)19/h8-11,15-16,18-19H,3-7H2,1-2H3. The van der Waals surface area contributed by atoms with E-state index in [4.69, 9.17) is 4.74 Å². The van der Waals surface area contributed by atoms with Gasteiger partial charge < -0.3 is 15.2 Å². The van der Waals surface area contributed by atoms with Crippen LogP contribution < -0.4 is 10.1 Å². The minimum absolute atomic E-state index is 0.0347. The second-order valence-electron chi connectivity index (χ2n) is 5.56. The zero-order chi connectivity index (χ0) is 14.5. The number of halogens is 1. The molecule has 0 aliphatic heterocycles. The molecular weight excluding hydrogens is 257 g/mol. The fraction of sp³-hybridized carbons (Fsp3) is 0.625. The Morgan fingerprint density at radius 1 is 1.30 bits per heavy atom. The average Bonchev–Trinajstić information content (AvgIpc) is 2.64. The summed E-state index contributed by atoms with van der Waals surface area (Å²) in [5.41, 5.74) is 0.626. The smallest absolute Gasteiger partial charge is 0.131 e. The number of aliphatic hydroxyl groups is 1. The molecule has 20 heavy (non-hydrogen) atoms. The van der Waals surface area contributed by atoms with Crippen LogP contribution in [-0.4, -0.2) is 24.4 Å². The van der Waals surface area contributed by atoms with Crippen molar-refractivity contribution in [3.63, 3.8) is 0 Å². The molecule has 3 unspecified atom stereocenters. The van der Waals surface area contributed by atoms with Crippen molar-refractivity contribution in [3.05, 3.63) is 29.6 Å². The first-order valence-corrected chi connectivity index (χ1v) is 7.43. The van der Waals surface area contributed by atoms with E-state index in [-0.39, 0.29) is 18.0 Å². The lowest BCUT2D eigenvalue weighted by molar-refractivity contribution is 0.0318. The van der Waals surface area contributed by atoms with Gasteiger partial charge >= 0.3 is 0 Å². The minimum Gasteiger partial charge on any atom is -0.488 e. The van der Waals surface area contributed by atoms with Crippen molar-refractivity contribution in [3.8, 4) is 5.75 Å². The van der Waals surface area contributed by atoms with Gasteiger partial charge in [-0.3, -0.25) is 0 Å². The summed E-state index contributed by atoms with van der Waals surface area (Å²) in [6, 6.07) is 4.91. The summed E-state index contributed by atoms with van der Waals surface area (Å²) in [4.78, 5) is 0. The van der Waals surface area contributed by atoms with Crippen molar-refractivity contribution in [2.45, 2.75) is 57.3 Å². The van der Waals surface area contributed by atoms with Crippen molar-refractivity contribution in [1.82, 2.24) is 5.32 Å². The monoisotopic (exact) mass is 281 g/mol. The third-order valence-electron chi connectivity index (χ3n) is 4.08. The maximum Gasteiger partial charge on any atom is 0.131 e. The second-order valence-corrected chi connectivity index (χ2v) is 5.56. The first-order valence-electron chi connectivity index (χ1n) is 7.43. The van der Waals surface area contributed by atoms with Crippen LogP contribution in [-0.2, 0) is 0 Å². The molecule has 4 heteroatoms. The SMILES string of the molecule is CNC(C)c1ccc(OC2CCCCCC2O)cc1F. The lowest BCUT2D eigenvalue weighted by atomic mass is 10.1. The quantitative estimate of drug-likeness (QED) is 0.833.